The summed E-state index contributed by atoms with van der Waals surface area (Å²) in [7, 11) is -0.448. The SMILES string of the molecule is Cc1cc(-c2cnc(N3CCOCC3)c(C(=O)Nc3cc4c(C)cc(=O)[nH]c4cc3C)c2)on1.Cc1cc(-c2cnc(N3CCOCC3)c(C(=O)O)c2)on1.Cc1cc(-c2cnc(N3CCOCC3)c(C(=O)O)c2)on1.Cc1cc(B2OC(C)(C)C(C)(C)O2)on1.Cc1cc2[nH]c(=O)cc(C)c2cc1N.O=C(O)c1cc(Br)cnc1N1CCOCC1. The zero-order valence-electron chi connectivity index (χ0n) is 69.0. The number of carboxylic acids is 3. The Morgan fingerprint density at radius 1 is 0.430 bits per heavy atom. The molecule has 10 aromatic heterocycles. The standard InChI is InChI=1S/C25H25N5O4.2C14H15N3O4.C11H12N2O.C10H16BNO3.C10H11BrN2O3/c1-14-9-23(31)27-21-8-15(2)20(12-18(14)21)28-25(32)19-11-17(22-10-16(3)29-34-22)13-26-24(19)30-4-6-33-7-5-30;2*1-9-6-12(21-16-9)10-7-11(14(18)19)13(15-8-10)17-2-4-20-5-3-17;1-6-4-11(14)13-10-3-7(2)9(12)5-8(6)10;1-7-6-8(13-12-7)11-14-9(2,3)10(4,5)15-11;11-7-5-8(10(14)15)9(12-6-7)13-1-3-16-4-2-13/h8-13H,4-7H2,1-3H3,(H,27,31)(H,28,32);2*6-8H,2-5H2,1H3,(H,18,19);3-5H,12H2,1-2H3,(H,13,14);6H,1-5H3;5-6H,1-4H2,(H,14,15). The van der Waals surface area contributed by atoms with Gasteiger partial charge < -0.3 is 102 Å². The Morgan fingerprint density at radius 2 is 0.769 bits per heavy atom. The monoisotopic (exact) mass is 1720 g/mol. The van der Waals surface area contributed by atoms with E-state index in [2.05, 4.69) is 76.7 Å². The fraction of sp³-hybridized carbons (Fsp3) is 0.357. The van der Waals surface area contributed by atoms with Gasteiger partial charge in [0, 0.05) is 168 Å². The van der Waals surface area contributed by atoms with Crippen molar-refractivity contribution in [2.45, 2.75) is 94.3 Å². The van der Waals surface area contributed by atoms with Gasteiger partial charge in [-0.15, -0.1) is 0 Å². The molecular formula is C84H94BBrN16O19. The molecule has 5 aliphatic heterocycles. The van der Waals surface area contributed by atoms with Crippen molar-refractivity contribution >= 4 is 109 Å². The van der Waals surface area contributed by atoms with Gasteiger partial charge in [-0.1, -0.05) is 20.6 Å². The Bertz CT molecular complexity index is 5730. The van der Waals surface area contributed by atoms with E-state index < -0.39 is 25.0 Å². The Hall–Kier alpha value is -12.5. The lowest BCUT2D eigenvalue weighted by Gasteiger charge is -2.32. The highest BCUT2D eigenvalue weighted by molar-refractivity contribution is 9.10. The van der Waals surface area contributed by atoms with Gasteiger partial charge in [0.15, 0.2) is 22.9 Å². The number of rotatable bonds is 13. The Kier molecular flexibility index (Phi) is 28.1. The lowest BCUT2D eigenvalue weighted by atomic mass is 9.86. The number of nitrogens with zero attached hydrogens (tertiary/aromatic N) is 12. The first kappa shape index (κ1) is 87.8. The molecule has 37 heteroatoms. The number of fused-ring (bicyclic) bond motifs is 2. The van der Waals surface area contributed by atoms with Gasteiger partial charge in [0.05, 0.1) is 92.4 Å². The van der Waals surface area contributed by atoms with Gasteiger partial charge in [0.2, 0.25) is 11.1 Å². The van der Waals surface area contributed by atoms with Crippen LogP contribution in [0.5, 0.6) is 0 Å². The first-order chi connectivity index (χ1) is 57.8. The summed E-state index contributed by atoms with van der Waals surface area (Å²) >= 11 is 3.22. The number of carbonyl (C=O) groups is 4. The number of benzene rings is 2. The molecule has 0 saturated carbocycles. The highest BCUT2D eigenvalue weighted by Crippen LogP contribution is 2.38. The third-order valence-electron chi connectivity index (χ3n) is 20.6. The van der Waals surface area contributed by atoms with Gasteiger partial charge in [-0.2, -0.15) is 0 Å². The van der Waals surface area contributed by atoms with Crippen LogP contribution >= 0.6 is 15.9 Å². The van der Waals surface area contributed by atoms with E-state index in [1.54, 1.807) is 87.2 Å². The van der Waals surface area contributed by atoms with Gasteiger partial charge in [-0.05, 0) is 170 Å². The van der Waals surface area contributed by atoms with Gasteiger partial charge in [0.25, 0.3) is 5.91 Å². The maximum Gasteiger partial charge on any atom is 0.535 e. The number of anilines is 6. The molecule has 0 aliphatic carbocycles. The smallest absolute Gasteiger partial charge is 0.478 e. The van der Waals surface area contributed by atoms with Crippen LogP contribution in [0, 0.1) is 55.4 Å². The van der Waals surface area contributed by atoms with Crippen molar-refractivity contribution in [3.63, 3.8) is 0 Å². The van der Waals surface area contributed by atoms with Gasteiger partial charge in [-0.3, -0.25) is 14.4 Å². The Labute approximate surface area is 703 Å². The number of nitrogen functional groups attached to an aromatic ring is 1. The van der Waals surface area contributed by atoms with E-state index in [0.717, 1.165) is 72.5 Å². The van der Waals surface area contributed by atoms with E-state index in [0.29, 0.717) is 184 Å². The molecule has 5 aliphatic rings. The van der Waals surface area contributed by atoms with Crippen molar-refractivity contribution in [1.82, 2.24) is 50.5 Å². The zero-order valence-corrected chi connectivity index (χ0v) is 70.6. The summed E-state index contributed by atoms with van der Waals surface area (Å²) in [5.41, 5.74) is 18.1. The van der Waals surface area contributed by atoms with Gasteiger partial charge in [-0.25, -0.2) is 34.3 Å². The maximum atomic E-state index is 13.6. The molecule has 8 N–H and O–H groups in total. The number of ether oxygens (including phenoxy) is 4. The quantitative estimate of drug-likeness (QED) is 0.0416. The summed E-state index contributed by atoms with van der Waals surface area (Å²) < 4.78 is 54.4. The normalized spacial score (nSPS) is 15.5. The minimum Gasteiger partial charge on any atom is -0.478 e. The molecule has 17 rings (SSSR count). The number of morpholine rings is 4. The lowest BCUT2D eigenvalue weighted by molar-refractivity contribution is 0.00578. The number of nitrogens with two attached hydrogens (primary N) is 1. The van der Waals surface area contributed by atoms with Crippen molar-refractivity contribution in [2.75, 3.05) is 136 Å². The third-order valence-corrected chi connectivity index (χ3v) is 21.0. The molecule has 0 spiro atoms. The van der Waals surface area contributed by atoms with E-state index >= 15 is 0 Å². The number of aryl methyl sites for hydroxylation is 8. The predicted octanol–water partition coefficient (Wildman–Crippen LogP) is 11.1. The number of halogens is 1. The van der Waals surface area contributed by atoms with Crippen LogP contribution in [0.4, 0.5) is 34.6 Å². The number of carboxylic acid groups (broad SMARTS) is 3. The van der Waals surface area contributed by atoms with Crippen LogP contribution in [0.1, 0.15) is 114 Å². The summed E-state index contributed by atoms with van der Waals surface area (Å²) in [6.45, 7) is 32.8. The second-order valence-corrected chi connectivity index (χ2v) is 31.0. The summed E-state index contributed by atoms with van der Waals surface area (Å²) in [6.07, 6.45) is 6.52. The number of aromatic carboxylic acids is 3. The zero-order chi connectivity index (χ0) is 86.6. The molecular weight excluding hydrogens is 1630 g/mol. The Morgan fingerprint density at radius 3 is 1.13 bits per heavy atom. The second-order valence-electron chi connectivity index (χ2n) is 30.1. The van der Waals surface area contributed by atoms with Gasteiger partial charge >= 0.3 is 25.0 Å². The number of amides is 1. The molecule has 35 nitrogen and oxygen atoms in total. The van der Waals surface area contributed by atoms with Crippen LogP contribution in [-0.4, -0.2) is 213 Å². The van der Waals surface area contributed by atoms with Crippen molar-refractivity contribution in [1.29, 1.82) is 0 Å². The molecule has 0 atom stereocenters. The largest absolute Gasteiger partial charge is 0.535 e. The van der Waals surface area contributed by atoms with E-state index in [1.165, 1.54) is 0 Å². The van der Waals surface area contributed by atoms with E-state index in [4.69, 9.17) is 57.2 Å². The van der Waals surface area contributed by atoms with Crippen molar-refractivity contribution < 1.29 is 80.8 Å². The molecule has 0 unspecified atom stereocenters. The summed E-state index contributed by atoms with van der Waals surface area (Å²) in [6, 6.07) is 24.3. The predicted molar refractivity (Wildman–Crippen MR) is 456 cm³/mol. The molecule has 12 aromatic rings. The number of pyridine rings is 6. The van der Waals surface area contributed by atoms with Crippen molar-refractivity contribution in [3.05, 3.63) is 202 Å². The van der Waals surface area contributed by atoms with Crippen LogP contribution in [0.2, 0.25) is 0 Å². The molecule has 2 aromatic carbocycles. The summed E-state index contributed by atoms with van der Waals surface area (Å²) in [5.74, 6) is 0.340. The minimum absolute atomic E-state index is 0.0702. The average Bonchev–Trinajstić information content (AvgIpc) is 1.62. The molecule has 0 radical (unpaired) electrons. The van der Waals surface area contributed by atoms with Crippen LogP contribution in [0.25, 0.3) is 55.8 Å². The molecule has 5 fully saturated rings. The number of aromatic amines is 2. The summed E-state index contributed by atoms with van der Waals surface area (Å²) in [4.78, 5) is 102. The first-order valence-electron chi connectivity index (χ1n) is 38.9. The molecule has 121 heavy (non-hydrogen) atoms. The number of aromatic nitrogens is 10. The van der Waals surface area contributed by atoms with Crippen molar-refractivity contribution in [3.8, 4) is 34.0 Å². The highest BCUT2D eigenvalue weighted by atomic mass is 79.9. The number of H-pyrrole nitrogens is 2. The van der Waals surface area contributed by atoms with Crippen LogP contribution in [0.3, 0.4) is 0 Å². The molecule has 634 valence electrons. The highest BCUT2D eigenvalue weighted by Gasteiger charge is 2.53. The first-order valence-corrected chi connectivity index (χ1v) is 39.7. The van der Waals surface area contributed by atoms with Crippen LogP contribution < -0.4 is 47.4 Å². The maximum absolute atomic E-state index is 13.6. The van der Waals surface area contributed by atoms with Crippen LogP contribution in [0.15, 0.2) is 142 Å². The number of carbonyl (C=O) groups excluding carboxylic acids is 1. The third kappa shape index (κ3) is 21.8. The second kappa shape index (κ2) is 38.7. The lowest BCUT2D eigenvalue weighted by Crippen LogP contribution is -2.41. The van der Waals surface area contributed by atoms with Crippen LogP contribution in [-0.2, 0) is 28.3 Å². The molecule has 1 amide bonds. The summed E-state index contributed by atoms with van der Waals surface area (Å²) in [5, 5.41) is 48.3. The molecule has 5 saturated heterocycles. The molecule has 15 heterocycles. The fourth-order valence-corrected chi connectivity index (χ4v) is 13.7. The topological polar surface area (TPSA) is 457 Å². The minimum atomic E-state index is -1.01. The molecule has 0 bridgehead atoms. The Balaban J connectivity index is 0.000000137. The van der Waals surface area contributed by atoms with Gasteiger partial charge in [0.1, 0.15) is 40.0 Å². The number of nitrogens with one attached hydrogen (secondary N) is 3. The van der Waals surface area contributed by atoms with Crippen molar-refractivity contribution in [2.24, 2.45) is 0 Å². The van der Waals surface area contributed by atoms with E-state index in [-0.39, 0.29) is 44.9 Å². The average molecular weight is 1720 g/mol. The number of hydrogen-bond donors (Lipinski definition) is 7. The number of hydrogen-bond acceptors (Lipinski definition) is 29. The fourth-order valence-electron chi connectivity index (χ4n) is 13.4. The van der Waals surface area contributed by atoms with E-state index in [1.807, 2.05) is 120 Å². The van der Waals surface area contributed by atoms with E-state index in [9.17, 15) is 39.0 Å².